The van der Waals surface area contributed by atoms with E-state index in [0.717, 1.165) is 5.75 Å². The van der Waals surface area contributed by atoms with Gasteiger partial charge < -0.3 is 4.74 Å². The fourth-order valence-corrected chi connectivity index (χ4v) is 1.48. The first kappa shape index (κ1) is 13.1. The van der Waals surface area contributed by atoms with Gasteiger partial charge in [-0.2, -0.15) is 12.6 Å². The van der Waals surface area contributed by atoms with E-state index in [4.69, 9.17) is 4.74 Å². The summed E-state index contributed by atoms with van der Waals surface area (Å²) in [6, 6.07) is 7.26. The number of ether oxygens (including phenoxy) is 1. The molecule has 0 radical (unpaired) electrons. The molecule has 0 heterocycles. The SMILES string of the molecule is CCOc1ccc(C(=O)C(C)(C)CS)cc1. The molecule has 0 aliphatic carbocycles. The highest BCUT2D eigenvalue weighted by molar-refractivity contribution is 7.80. The van der Waals surface area contributed by atoms with E-state index < -0.39 is 5.41 Å². The molecule has 0 aliphatic heterocycles. The maximum atomic E-state index is 12.1. The molecule has 0 saturated carbocycles. The Bertz CT molecular complexity index is 355. The van der Waals surface area contributed by atoms with Crippen molar-refractivity contribution in [2.75, 3.05) is 12.4 Å². The van der Waals surface area contributed by atoms with Crippen LogP contribution in [0.4, 0.5) is 0 Å². The van der Waals surface area contributed by atoms with Gasteiger partial charge in [0.2, 0.25) is 0 Å². The van der Waals surface area contributed by atoms with Crippen LogP contribution in [-0.4, -0.2) is 18.1 Å². The van der Waals surface area contributed by atoms with E-state index >= 15 is 0 Å². The number of rotatable bonds is 5. The van der Waals surface area contributed by atoms with E-state index in [9.17, 15) is 4.79 Å². The van der Waals surface area contributed by atoms with Crippen LogP contribution in [0, 0.1) is 5.41 Å². The zero-order valence-electron chi connectivity index (χ0n) is 9.99. The molecule has 0 N–H and O–H groups in total. The molecule has 1 aromatic rings. The highest BCUT2D eigenvalue weighted by Crippen LogP contribution is 2.24. The van der Waals surface area contributed by atoms with Gasteiger partial charge in [0.15, 0.2) is 5.78 Å². The first-order chi connectivity index (χ1) is 7.51. The van der Waals surface area contributed by atoms with E-state index in [1.165, 1.54) is 0 Å². The van der Waals surface area contributed by atoms with Crippen LogP contribution in [0.3, 0.4) is 0 Å². The number of carbonyl (C=O) groups excluding carboxylic acids is 1. The lowest BCUT2D eigenvalue weighted by Crippen LogP contribution is -2.26. The van der Waals surface area contributed by atoms with Crippen LogP contribution in [-0.2, 0) is 0 Å². The largest absolute Gasteiger partial charge is 0.494 e. The van der Waals surface area contributed by atoms with Crippen molar-refractivity contribution < 1.29 is 9.53 Å². The van der Waals surface area contributed by atoms with Crippen LogP contribution in [0.15, 0.2) is 24.3 Å². The molecule has 0 unspecified atom stereocenters. The second-order valence-corrected chi connectivity index (χ2v) is 4.64. The number of Topliss-reactive ketones (excluding diaryl/α,β-unsaturated/α-hetero) is 1. The molecule has 0 spiro atoms. The highest BCUT2D eigenvalue weighted by Gasteiger charge is 2.26. The quantitative estimate of drug-likeness (QED) is 0.629. The Morgan fingerprint density at radius 3 is 2.31 bits per heavy atom. The molecule has 1 aromatic carbocycles. The van der Waals surface area contributed by atoms with Gasteiger partial charge in [-0.1, -0.05) is 13.8 Å². The summed E-state index contributed by atoms with van der Waals surface area (Å²) in [6.07, 6.45) is 0. The molecule has 88 valence electrons. The molecule has 0 saturated heterocycles. The molecular formula is C13H18O2S. The number of carbonyl (C=O) groups is 1. The lowest BCUT2D eigenvalue weighted by Gasteiger charge is -2.20. The van der Waals surface area contributed by atoms with Crippen molar-refractivity contribution >= 4 is 18.4 Å². The van der Waals surface area contributed by atoms with Crippen molar-refractivity contribution in [3.8, 4) is 5.75 Å². The Kier molecular flexibility index (Phi) is 4.42. The second-order valence-electron chi connectivity index (χ2n) is 4.33. The second kappa shape index (κ2) is 5.39. The summed E-state index contributed by atoms with van der Waals surface area (Å²) in [5.74, 6) is 1.45. The smallest absolute Gasteiger partial charge is 0.169 e. The summed E-state index contributed by atoms with van der Waals surface area (Å²) < 4.78 is 5.33. The van der Waals surface area contributed by atoms with Gasteiger partial charge in [-0.3, -0.25) is 4.79 Å². The summed E-state index contributed by atoms with van der Waals surface area (Å²) in [7, 11) is 0. The van der Waals surface area contributed by atoms with E-state index in [0.29, 0.717) is 17.9 Å². The van der Waals surface area contributed by atoms with Crippen LogP contribution in [0.5, 0.6) is 5.75 Å². The molecule has 1 rings (SSSR count). The Morgan fingerprint density at radius 2 is 1.88 bits per heavy atom. The molecule has 0 bridgehead atoms. The third-order valence-electron chi connectivity index (χ3n) is 2.44. The molecule has 16 heavy (non-hydrogen) atoms. The highest BCUT2D eigenvalue weighted by atomic mass is 32.1. The maximum Gasteiger partial charge on any atom is 0.169 e. The zero-order chi connectivity index (χ0) is 12.2. The summed E-state index contributed by atoms with van der Waals surface area (Å²) in [6.45, 7) is 6.37. The van der Waals surface area contributed by atoms with E-state index in [-0.39, 0.29) is 5.78 Å². The molecule has 0 amide bonds. The van der Waals surface area contributed by atoms with Gasteiger partial charge in [0, 0.05) is 16.7 Å². The fourth-order valence-electron chi connectivity index (χ4n) is 1.33. The Labute approximate surface area is 102 Å². The van der Waals surface area contributed by atoms with Crippen molar-refractivity contribution in [2.24, 2.45) is 5.41 Å². The molecule has 0 fully saturated rings. The minimum absolute atomic E-state index is 0.116. The number of ketones is 1. The number of benzene rings is 1. The topological polar surface area (TPSA) is 26.3 Å². The molecule has 0 aromatic heterocycles. The Balaban J connectivity index is 2.86. The van der Waals surface area contributed by atoms with Gasteiger partial charge >= 0.3 is 0 Å². The summed E-state index contributed by atoms with van der Waals surface area (Å²) >= 11 is 4.20. The maximum absolute atomic E-state index is 12.1. The Hall–Kier alpha value is -0.960. The molecule has 2 nitrogen and oxygen atoms in total. The first-order valence-corrected chi connectivity index (χ1v) is 6.03. The third kappa shape index (κ3) is 3.01. The summed E-state index contributed by atoms with van der Waals surface area (Å²) in [5.41, 5.74) is 0.290. The van der Waals surface area contributed by atoms with E-state index in [1.807, 2.05) is 32.9 Å². The van der Waals surface area contributed by atoms with Crippen molar-refractivity contribution in [3.05, 3.63) is 29.8 Å². The van der Waals surface area contributed by atoms with Crippen LogP contribution in [0.25, 0.3) is 0 Å². The fraction of sp³-hybridized carbons (Fsp3) is 0.462. The first-order valence-electron chi connectivity index (χ1n) is 5.40. The standard InChI is InChI=1S/C13H18O2S/c1-4-15-11-7-5-10(6-8-11)12(14)13(2,3)9-16/h5-8,16H,4,9H2,1-3H3. The lowest BCUT2D eigenvalue weighted by atomic mass is 9.86. The molecule has 3 heteroatoms. The van der Waals surface area contributed by atoms with Crippen LogP contribution in [0.1, 0.15) is 31.1 Å². The summed E-state index contributed by atoms with van der Waals surface area (Å²) in [4.78, 5) is 12.1. The molecular weight excluding hydrogens is 220 g/mol. The number of hydrogen-bond donors (Lipinski definition) is 1. The van der Waals surface area contributed by atoms with Crippen molar-refractivity contribution in [2.45, 2.75) is 20.8 Å². The summed E-state index contributed by atoms with van der Waals surface area (Å²) in [5, 5.41) is 0. The van der Waals surface area contributed by atoms with Gasteiger partial charge in [0.1, 0.15) is 5.75 Å². The van der Waals surface area contributed by atoms with Crippen molar-refractivity contribution in [1.82, 2.24) is 0 Å². The van der Waals surface area contributed by atoms with Gasteiger partial charge in [-0.15, -0.1) is 0 Å². The number of thiol groups is 1. The van der Waals surface area contributed by atoms with Crippen LogP contribution < -0.4 is 4.74 Å². The molecule has 0 aliphatic rings. The van der Waals surface area contributed by atoms with Gasteiger partial charge in [0.25, 0.3) is 0 Å². The van der Waals surface area contributed by atoms with E-state index in [2.05, 4.69) is 12.6 Å². The lowest BCUT2D eigenvalue weighted by molar-refractivity contribution is 0.0863. The van der Waals surface area contributed by atoms with Crippen LogP contribution in [0.2, 0.25) is 0 Å². The normalized spacial score (nSPS) is 11.2. The van der Waals surface area contributed by atoms with Gasteiger partial charge in [-0.25, -0.2) is 0 Å². The number of hydrogen-bond acceptors (Lipinski definition) is 3. The monoisotopic (exact) mass is 238 g/mol. The van der Waals surface area contributed by atoms with Gasteiger partial charge in [0.05, 0.1) is 6.61 Å². The minimum atomic E-state index is -0.420. The van der Waals surface area contributed by atoms with Crippen molar-refractivity contribution in [1.29, 1.82) is 0 Å². The zero-order valence-corrected chi connectivity index (χ0v) is 10.9. The average molecular weight is 238 g/mol. The minimum Gasteiger partial charge on any atom is -0.494 e. The molecule has 0 atom stereocenters. The predicted molar refractivity (Wildman–Crippen MR) is 69.6 cm³/mol. The van der Waals surface area contributed by atoms with Crippen molar-refractivity contribution in [3.63, 3.8) is 0 Å². The van der Waals surface area contributed by atoms with E-state index in [1.54, 1.807) is 12.1 Å². The predicted octanol–water partition coefficient (Wildman–Crippen LogP) is 3.22. The van der Waals surface area contributed by atoms with Gasteiger partial charge in [-0.05, 0) is 31.2 Å². The average Bonchev–Trinajstić information content (AvgIpc) is 2.29. The van der Waals surface area contributed by atoms with Crippen LogP contribution >= 0.6 is 12.6 Å². The third-order valence-corrected chi connectivity index (χ3v) is 3.23. The Morgan fingerprint density at radius 1 is 1.31 bits per heavy atom.